The Morgan fingerprint density at radius 1 is 1.14 bits per heavy atom. The van der Waals surface area contributed by atoms with E-state index < -0.39 is 8.07 Å². The first kappa shape index (κ1) is 19.1. The molecule has 0 heterocycles. The molecule has 0 aromatic heterocycles. The summed E-state index contributed by atoms with van der Waals surface area (Å²) in [7, 11) is -1.15. The summed E-state index contributed by atoms with van der Waals surface area (Å²) < 4.78 is 0. The van der Waals surface area contributed by atoms with Crippen molar-refractivity contribution in [3.05, 3.63) is 47.7 Å². The Morgan fingerprint density at radius 2 is 1.73 bits per heavy atom. The number of nitrogens with one attached hydrogen (secondary N) is 1. The minimum atomic E-state index is -1.15. The Kier molecular flexibility index (Phi) is 7.04. The maximum absolute atomic E-state index is 9.78. The zero-order valence-electron chi connectivity index (χ0n) is 15.1. The lowest BCUT2D eigenvalue weighted by Gasteiger charge is -2.34. The van der Waals surface area contributed by atoms with Crippen molar-refractivity contribution in [2.24, 2.45) is 5.41 Å². The molecular formula is C19H33NOSi. The number of hydrogen-bond acceptors (Lipinski definition) is 2. The van der Waals surface area contributed by atoms with Crippen LogP contribution in [-0.2, 0) is 0 Å². The summed E-state index contributed by atoms with van der Waals surface area (Å²) in [6.45, 7) is 13.9. The number of aliphatic hydroxyl groups excluding tert-OH is 1. The molecule has 2 atom stereocenters. The predicted octanol–water partition coefficient (Wildman–Crippen LogP) is 4.55. The van der Waals surface area contributed by atoms with Gasteiger partial charge in [-0.05, 0) is 17.4 Å². The van der Waals surface area contributed by atoms with Crippen LogP contribution in [0.25, 0.3) is 0 Å². The zero-order valence-corrected chi connectivity index (χ0v) is 16.1. The second kappa shape index (κ2) is 8.09. The fraction of sp³-hybridized carbons (Fsp3) is 0.579. The van der Waals surface area contributed by atoms with Crippen LogP contribution in [0.4, 0.5) is 0 Å². The van der Waals surface area contributed by atoms with Gasteiger partial charge in [-0.25, -0.2) is 0 Å². The first-order valence-electron chi connectivity index (χ1n) is 8.23. The van der Waals surface area contributed by atoms with E-state index >= 15 is 0 Å². The minimum absolute atomic E-state index is 0.00860. The quantitative estimate of drug-likeness (QED) is 0.723. The molecule has 0 saturated carbocycles. The molecule has 0 saturated heterocycles. The topological polar surface area (TPSA) is 32.3 Å². The molecule has 0 aliphatic heterocycles. The molecule has 1 rings (SSSR count). The Bertz CT molecular complexity index is 457. The molecule has 0 spiro atoms. The lowest BCUT2D eigenvalue weighted by atomic mass is 9.84. The molecule has 3 heteroatoms. The smallest absolute Gasteiger partial charge is 0.0682 e. The maximum Gasteiger partial charge on any atom is 0.0682 e. The van der Waals surface area contributed by atoms with Crippen molar-refractivity contribution >= 4 is 8.07 Å². The summed E-state index contributed by atoms with van der Waals surface area (Å²) in [6, 6.07) is 10.5. The molecule has 2 nitrogen and oxygen atoms in total. The number of benzene rings is 1. The van der Waals surface area contributed by atoms with Gasteiger partial charge in [0.1, 0.15) is 0 Å². The van der Waals surface area contributed by atoms with Gasteiger partial charge in [0, 0.05) is 6.04 Å². The molecule has 0 unspecified atom stereocenters. The average molecular weight is 320 g/mol. The summed E-state index contributed by atoms with van der Waals surface area (Å²) in [5.74, 6) is 0. The third kappa shape index (κ3) is 6.90. The number of hydrogen-bond donors (Lipinski definition) is 2. The van der Waals surface area contributed by atoms with Crippen molar-refractivity contribution in [3.8, 4) is 0 Å². The molecule has 0 bridgehead atoms. The van der Waals surface area contributed by atoms with E-state index in [1.54, 1.807) is 0 Å². The second-order valence-corrected chi connectivity index (χ2v) is 13.3. The second-order valence-electron chi connectivity index (χ2n) is 8.24. The van der Waals surface area contributed by atoms with E-state index in [-0.39, 0.29) is 18.1 Å². The highest BCUT2D eigenvalue weighted by molar-refractivity contribution is 6.80. The average Bonchev–Trinajstić information content (AvgIpc) is 2.41. The Hall–Kier alpha value is -0.903. The van der Waals surface area contributed by atoms with Crippen molar-refractivity contribution < 1.29 is 5.11 Å². The van der Waals surface area contributed by atoms with Gasteiger partial charge in [0.15, 0.2) is 0 Å². The molecule has 0 aliphatic rings. The Morgan fingerprint density at radius 3 is 2.18 bits per heavy atom. The predicted molar refractivity (Wildman–Crippen MR) is 99.8 cm³/mol. The standard InChI is InChI=1S/C19H33NOSi/c1-19(2,3)18(13-10-14-22(4,5)6)20-17(15-21)16-11-8-7-9-12-16/h7-12,14,17-18,20-21H,13,15H2,1-6H3/b14-10-/t17-,18+/m1/s1. The summed E-state index contributed by atoms with van der Waals surface area (Å²) in [5, 5.41) is 13.4. The van der Waals surface area contributed by atoms with Gasteiger partial charge in [-0.3, -0.25) is 0 Å². The van der Waals surface area contributed by atoms with Crippen molar-refractivity contribution in [2.75, 3.05) is 6.61 Å². The van der Waals surface area contributed by atoms with Gasteiger partial charge in [-0.15, -0.1) is 0 Å². The molecule has 124 valence electrons. The summed E-state index contributed by atoms with van der Waals surface area (Å²) in [5.41, 5.74) is 3.70. The van der Waals surface area contributed by atoms with Crippen LogP contribution < -0.4 is 5.32 Å². The van der Waals surface area contributed by atoms with Crippen LogP contribution >= 0.6 is 0 Å². The van der Waals surface area contributed by atoms with Gasteiger partial charge in [-0.2, -0.15) is 0 Å². The molecular weight excluding hydrogens is 286 g/mol. The van der Waals surface area contributed by atoms with Crippen molar-refractivity contribution in [2.45, 2.75) is 58.9 Å². The van der Waals surface area contributed by atoms with Gasteiger partial charge >= 0.3 is 0 Å². The van der Waals surface area contributed by atoms with Crippen LogP contribution in [-0.4, -0.2) is 25.8 Å². The summed E-state index contributed by atoms with van der Waals surface area (Å²) >= 11 is 0. The van der Waals surface area contributed by atoms with Crippen molar-refractivity contribution in [3.63, 3.8) is 0 Å². The zero-order chi connectivity index (χ0) is 16.8. The number of rotatable bonds is 7. The van der Waals surface area contributed by atoms with Crippen LogP contribution in [0.2, 0.25) is 19.6 Å². The lowest BCUT2D eigenvalue weighted by molar-refractivity contribution is 0.190. The van der Waals surface area contributed by atoms with E-state index in [1.165, 1.54) is 0 Å². The minimum Gasteiger partial charge on any atom is -0.394 e. The molecule has 0 radical (unpaired) electrons. The van der Waals surface area contributed by atoms with E-state index in [0.29, 0.717) is 6.04 Å². The van der Waals surface area contributed by atoms with Gasteiger partial charge in [-0.1, -0.05) is 82.5 Å². The van der Waals surface area contributed by atoms with Gasteiger partial charge in [0.05, 0.1) is 20.7 Å². The van der Waals surface area contributed by atoms with Crippen molar-refractivity contribution in [1.29, 1.82) is 0 Å². The van der Waals surface area contributed by atoms with Crippen LogP contribution in [0.3, 0.4) is 0 Å². The fourth-order valence-corrected chi connectivity index (χ4v) is 3.25. The molecule has 0 aliphatic carbocycles. The van der Waals surface area contributed by atoms with E-state index in [4.69, 9.17) is 0 Å². The van der Waals surface area contributed by atoms with E-state index in [1.807, 2.05) is 18.2 Å². The highest BCUT2D eigenvalue weighted by atomic mass is 28.3. The monoisotopic (exact) mass is 319 g/mol. The summed E-state index contributed by atoms with van der Waals surface area (Å²) in [4.78, 5) is 0. The Balaban J connectivity index is 2.82. The first-order valence-corrected chi connectivity index (χ1v) is 11.8. The molecule has 1 aromatic rings. The highest BCUT2D eigenvalue weighted by Crippen LogP contribution is 2.26. The van der Waals surface area contributed by atoms with Crippen molar-refractivity contribution in [1.82, 2.24) is 5.32 Å². The van der Waals surface area contributed by atoms with Gasteiger partial charge in [0.25, 0.3) is 0 Å². The van der Waals surface area contributed by atoms with Crippen LogP contribution in [0, 0.1) is 5.41 Å². The van der Waals surface area contributed by atoms with E-state index in [9.17, 15) is 5.11 Å². The normalized spacial score (nSPS) is 16.0. The van der Waals surface area contributed by atoms with Crippen LogP contribution in [0.15, 0.2) is 42.1 Å². The highest BCUT2D eigenvalue weighted by Gasteiger charge is 2.26. The SMILES string of the molecule is CC(C)(C)[C@H](C/C=C\[Si](C)(C)C)N[C@H](CO)c1ccccc1. The third-order valence-electron chi connectivity index (χ3n) is 3.82. The van der Waals surface area contributed by atoms with Crippen LogP contribution in [0.5, 0.6) is 0 Å². The molecule has 0 amide bonds. The van der Waals surface area contributed by atoms with Gasteiger partial charge < -0.3 is 10.4 Å². The van der Waals surface area contributed by atoms with E-state index in [0.717, 1.165) is 12.0 Å². The largest absolute Gasteiger partial charge is 0.394 e. The Labute approximate surface area is 137 Å². The molecule has 1 aromatic carbocycles. The number of aliphatic hydroxyl groups is 1. The van der Waals surface area contributed by atoms with Gasteiger partial charge in [0.2, 0.25) is 0 Å². The fourth-order valence-electron chi connectivity index (χ4n) is 2.41. The molecule has 2 N–H and O–H groups in total. The maximum atomic E-state index is 9.78. The molecule has 0 fully saturated rings. The lowest BCUT2D eigenvalue weighted by Crippen LogP contribution is -2.43. The first-order chi connectivity index (χ1) is 10.1. The third-order valence-corrected chi connectivity index (χ3v) is 5.06. The molecule has 22 heavy (non-hydrogen) atoms. The van der Waals surface area contributed by atoms with Crippen LogP contribution in [0.1, 0.15) is 38.8 Å². The van der Waals surface area contributed by atoms with E-state index in [2.05, 4.69) is 69.6 Å². The summed E-state index contributed by atoms with van der Waals surface area (Å²) in [6.07, 6.45) is 3.33.